The van der Waals surface area contributed by atoms with E-state index in [0.29, 0.717) is 19.0 Å². The van der Waals surface area contributed by atoms with Crippen LogP contribution in [0.3, 0.4) is 0 Å². The van der Waals surface area contributed by atoms with Crippen LogP contribution in [0, 0.1) is 0 Å². The highest BCUT2D eigenvalue weighted by Gasteiger charge is 2.28. The van der Waals surface area contributed by atoms with E-state index in [4.69, 9.17) is 9.84 Å². The van der Waals surface area contributed by atoms with Gasteiger partial charge in [0, 0.05) is 63.5 Å². The lowest BCUT2D eigenvalue weighted by molar-refractivity contribution is -0.0331. The number of unbranched alkanes of at least 4 members (excludes halogenated alkanes) is 2. The van der Waals surface area contributed by atoms with Crippen LogP contribution in [0.25, 0.3) is 0 Å². The van der Waals surface area contributed by atoms with Crippen LogP contribution in [0.15, 0.2) is 12.4 Å². The van der Waals surface area contributed by atoms with Crippen LogP contribution >= 0.6 is 23.9 Å². The number of ether oxygens (including phenoxy) is 1. The summed E-state index contributed by atoms with van der Waals surface area (Å²) in [7, 11) is 1.00. The molecule has 0 saturated carbocycles. The van der Waals surface area contributed by atoms with Crippen molar-refractivity contribution in [2.75, 3.05) is 45.8 Å². The summed E-state index contributed by atoms with van der Waals surface area (Å²) in [5.41, 5.74) is -4.22. The summed E-state index contributed by atoms with van der Waals surface area (Å²) >= 11 is 0.848. The van der Waals surface area contributed by atoms with Gasteiger partial charge in [-0.2, -0.15) is 13.2 Å². The van der Waals surface area contributed by atoms with Crippen molar-refractivity contribution in [3.05, 3.63) is 12.4 Å². The molecule has 10 heteroatoms. The number of hydrogen-bond acceptors (Lipinski definition) is 7. The lowest BCUT2D eigenvalue weighted by atomic mass is 10.3. The minimum atomic E-state index is -4.22. The van der Waals surface area contributed by atoms with Gasteiger partial charge in [0.15, 0.2) is 0 Å². The first-order chi connectivity index (χ1) is 12.5. The molecule has 0 atom stereocenters. The third-order valence-corrected chi connectivity index (χ3v) is 4.91. The smallest absolute Gasteiger partial charge is 0.400 e. The van der Waals surface area contributed by atoms with E-state index in [1.165, 1.54) is 12.8 Å². The van der Waals surface area contributed by atoms with Crippen molar-refractivity contribution in [2.45, 2.75) is 44.5 Å². The molecule has 0 spiro atoms. The quantitative estimate of drug-likeness (QED) is 0.326. The van der Waals surface area contributed by atoms with Gasteiger partial charge in [0.25, 0.3) is 0 Å². The van der Waals surface area contributed by atoms with Gasteiger partial charge in [0.2, 0.25) is 0 Å². The molecule has 0 aliphatic carbocycles. The molecule has 1 aliphatic heterocycles. The zero-order valence-electron chi connectivity index (χ0n) is 15.6. The topological polar surface area (TPSA) is 48.0 Å². The van der Waals surface area contributed by atoms with E-state index in [-0.39, 0.29) is 11.9 Å². The number of aliphatic hydroxyl groups is 1. The summed E-state index contributed by atoms with van der Waals surface area (Å²) in [5, 5.41) is 7.00. The summed E-state index contributed by atoms with van der Waals surface area (Å²) in [4.78, 5) is 4.65. The molecule has 26 heavy (non-hydrogen) atoms. The molecular formula is C16H32F3N3O2S2. The second kappa shape index (κ2) is 16.9. The number of nitrogens with one attached hydrogen (secondary N) is 1. The fourth-order valence-corrected chi connectivity index (χ4v) is 3.35. The Hall–Kier alpha value is -0.290. The first-order valence-electron chi connectivity index (χ1n) is 8.81. The fourth-order valence-electron chi connectivity index (χ4n) is 2.14. The van der Waals surface area contributed by atoms with Gasteiger partial charge in [-0.05, 0) is 25.7 Å². The molecule has 0 radical (unpaired) electrons. The molecule has 2 N–H and O–H groups in total. The summed E-state index contributed by atoms with van der Waals surface area (Å²) in [6.07, 6.45) is 9.61. The SMILES string of the molecule is CCCCN1C=CN(CCCCOCCCSNSC(F)(F)F)C1.CO. The lowest BCUT2D eigenvalue weighted by Crippen LogP contribution is -2.26. The van der Waals surface area contributed by atoms with Gasteiger partial charge in [0.1, 0.15) is 0 Å². The summed E-state index contributed by atoms with van der Waals surface area (Å²) in [6.45, 7) is 6.67. The Morgan fingerprint density at radius 3 is 2.27 bits per heavy atom. The molecule has 1 heterocycles. The predicted octanol–water partition coefficient (Wildman–Crippen LogP) is 4.03. The number of nitrogens with zero attached hydrogens (tertiary/aromatic N) is 2. The Labute approximate surface area is 164 Å². The number of alkyl halides is 3. The van der Waals surface area contributed by atoms with Crippen LogP contribution in [0.1, 0.15) is 39.0 Å². The first-order valence-corrected chi connectivity index (χ1v) is 10.6. The van der Waals surface area contributed by atoms with E-state index in [0.717, 1.165) is 58.1 Å². The minimum absolute atomic E-state index is 0.217. The molecule has 1 rings (SSSR count). The lowest BCUT2D eigenvalue weighted by Gasteiger charge is -2.21. The first kappa shape index (κ1) is 25.7. The van der Waals surface area contributed by atoms with E-state index in [1.807, 2.05) is 0 Å². The number of aliphatic hydroxyl groups excluding tert-OH is 1. The maximum atomic E-state index is 11.8. The van der Waals surface area contributed by atoms with E-state index in [9.17, 15) is 13.2 Å². The van der Waals surface area contributed by atoms with Gasteiger partial charge in [-0.3, -0.25) is 0 Å². The molecule has 5 nitrogen and oxygen atoms in total. The summed E-state index contributed by atoms with van der Waals surface area (Å²) in [5.74, 6) is 0.606. The molecule has 0 amide bonds. The molecule has 0 bridgehead atoms. The molecular weight excluding hydrogens is 387 g/mol. The second-order valence-electron chi connectivity index (χ2n) is 5.57. The van der Waals surface area contributed by atoms with Crippen molar-refractivity contribution in [1.82, 2.24) is 13.9 Å². The molecule has 0 aromatic rings. The van der Waals surface area contributed by atoms with E-state index >= 15 is 0 Å². The van der Waals surface area contributed by atoms with Gasteiger partial charge in [0.05, 0.1) is 6.67 Å². The maximum Gasteiger partial charge on any atom is 0.456 e. The average Bonchev–Trinajstić information content (AvgIpc) is 3.06. The van der Waals surface area contributed by atoms with Crippen LogP contribution < -0.4 is 4.13 Å². The molecule has 156 valence electrons. The molecule has 0 saturated heterocycles. The molecule has 0 unspecified atom stereocenters. The Balaban J connectivity index is 0.00000301. The van der Waals surface area contributed by atoms with Crippen molar-refractivity contribution >= 4 is 23.9 Å². The molecule has 1 aliphatic rings. The van der Waals surface area contributed by atoms with Crippen molar-refractivity contribution in [2.24, 2.45) is 0 Å². The number of halogens is 3. The third-order valence-electron chi connectivity index (χ3n) is 3.39. The van der Waals surface area contributed by atoms with Crippen LogP contribution in [0.5, 0.6) is 0 Å². The van der Waals surface area contributed by atoms with E-state index < -0.39 is 5.51 Å². The van der Waals surface area contributed by atoms with Crippen molar-refractivity contribution < 1.29 is 23.0 Å². The molecule has 0 fully saturated rings. The van der Waals surface area contributed by atoms with Crippen molar-refractivity contribution in [3.63, 3.8) is 0 Å². The average molecular weight is 420 g/mol. The Morgan fingerprint density at radius 2 is 1.65 bits per heavy atom. The van der Waals surface area contributed by atoms with E-state index in [2.05, 4.69) is 33.3 Å². The van der Waals surface area contributed by atoms with Gasteiger partial charge >= 0.3 is 5.51 Å². The van der Waals surface area contributed by atoms with Crippen LogP contribution in [-0.4, -0.2) is 66.2 Å². The molecule has 0 aromatic carbocycles. The van der Waals surface area contributed by atoms with Crippen LogP contribution in [-0.2, 0) is 4.74 Å². The van der Waals surface area contributed by atoms with Gasteiger partial charge < -0.3 is 19.6 Å². The number of hydrogen-bond donors (Lipinski definition) is 2. The normalized spacial score (nSPS) is 13.9. The summed E-state index contributed by atoms with van der Waals surface area (Å²) < 4.78 is 43.3. The predicted molar refractivity (Wildman–Crippen MR) is 104 cm³/mol. The van der Waals surface area contributed by atoms with Crippen molar-refractivity contribution in [1.29, 1.82) is 0 Å². The fraction of sp³-hybridized carbons (Fsp3) is 0.875. The van der Waals surface area contributed by atoms with Crippen molar-refractivity contribution in [3.8, 4) is 0 Å². The third kappa shape index (κ3) is 15.9. The maximum absolute atomic E-state index is 11.8. The minimum Gasteiger partial charge on any atom is -0.400 e. The zero-order valence-corrected chi connectivity index (χ0v) is 17.3. The Bertz CT molecular complexity index is 351. The second-order valence-corrected chi connectivity index (χ2v) is 7.60. The van der Waals surface area contributed by atoms with Crippen LogP contribution in [0.4, 0.5) is 13.2 Å². The highest BCUT2D eigenvalue weighted by atomic mass is 32.2. The number of rotatable bonds is 14. The highest BCUT2D eigenvalue weighted by molar-refractivity contribution is 8.13. The largest absolute Gasteiger partial charge is 0.456 e. The van der Waals surface area contributed by atoms with Gasteiger partial charge in [-0.1, -0.05) is 25.3 Å². The van der Waals surface area contributed by atoms with Gasteiger partial charge in [-0.15, -0.1) is 0 Å². The highest BCUT2D eigenvalue weighted by Crippen LogP contribution is 2.28. The monoisotopic (exact) mass is 419 g/mol. The Morgan fingerprint density at radius 1 is 1.04 bits per heavy atom. The Kier molecular flexibility index (Phi) is 16.7. The standard InChI is InChI=1S/C15H28F3N3OS2.CH4O/c1-2-3-7-20-9-10-21(14-20)8-4-5-11-22-12-6-13-23-19-24-15(16,17)18;1-2/h9-10,19H,2-8,11-14H2,1H3;2H,1H3. The zero-order chi connectivity index (χ0) is 19.7. The van der Waals surface area contributed by atoms with E-state index in [1.54, 1.807) is 0 Å². The van der Waals surface area contributed by atoms with Crippen LogP contribution in [0.2, 0.25) is 0 Å². The molecule has 0 aromatic heterocycles. The summed E-state index contributed by atoms with van der Waals surface area (Å²) in [6, 6.07) is 0. The van der Waals surface area contributed by atoms with Gasteiger partial charge in [-0.25, -0.2) is 4.13 Å².